The summed E-state index contributed by atoms with van der Waals surface area (Å²) >= 11 is 0. The zero-order valence-corrected chi connectivity index (χ0v) is 11.3. The van der Waals surface area contributed by atoms with Gasteiger partial charge in [-0.3, -0.25) is 0 Å². The first-order valence-electron chi connectivity index (χ1n) is 6.45. The molecule has 20 heavy (non-hydrogen) atoms. The molecule has 2 aromatic carbocycles. The number of hydrogen-bond donors (Lipinski definition) is 2. The van der Waals surface area contributed by atoms with Crippen LogP contribution in [-0.4, -0.2) is 12.1 Å². The summed E-state index contributed by atoms with van der Waals surface area (Å²) in [6.45, 7) is 0. The molecule has 1 aromatic heterocycles. The second-order valence-electron chi connectivity index (χ2n) is 4.66. The molecule has 3 aromatic rings. The fraction of sp³-hybridized carbons (Fsp3) is 0.0588. The average Bonchev–Trinajstić information content (AvgIpc) is 2.92. The van der Waals surface area contributed by atoms with E-state index < -0.39 is 0 Å². The van der Waals surface area contributed by atoms with Gasteiger partial charge in [-0.25, -0.2) is 0 Å². The van der Waals surface area contributed by atoms with Gasteiger partial charge in [0.2, 0.25) is 0 Å². The molecule has 0 unspecified atom stereocenters. The number of nitrogens with two attached hydrogens (primary N) is 1. The summed E-state index contributed by atoms with van der Waals surface area (Å²) in [6.07, 6.45) is 6.07. The lowest BCUT2D eigenvalue weighted by Crippen LogP contribution is -1.92. The quantitative estimate of drug-likeness (QED) is 0.556. The van der Waals surface area contributed by atoms with Crippen molar-refractivity contribution >= 4 is 28.7 Å². The molecular weight excluding hydrogens is 248 g/mol. The van der Waals surface area contributed by atoms with E-state index in [-0.39, 0.29) is 0 Å². The minimum atomic E-state index is 0.649. The minimum Gasteiger partial charge on any atom is -0.495 e. The van der Waals surface area contributed by atoms with Crippen molar-refractivity contribution in [2.45, 2.75) is 0 Å². The van der Waals surface area contributed by atoms with Crippen LogP contribution >= 0.6 is 0 Å². The molecule has 0 aliphatic rings. The molecule has 0 radical (unpaired) electrons. The van der Waals surface area contributed by atoms with Crippen LogP contribution in [0.5, 0.6) is 5.75 Å². The van der Waals surface area contributed by atoms with Crippen molar-refractivity contribution < 1.29 is 4.74 Å². The maximum atomic E-state index is 5.90. The molecule has 1 heterocycles. The predicted molar refractivity (Wildman–Crippen MR) is 84.6 cm³/mol. The molecule has 0 atom stereocenters. The number of fused-ring (bicyclic) bond motifs is 1. The van der Waals surface area contributed by atoms with Crippen LogP contribution in [0.4, 0.5) is 5.69 Å². The van der Waals surface area contributed by atoms with Gasteiger partial charge in [-0.2, -0.15) is 0 Å². The Morgan fingerprint density at radius 1 is 1.00 bits per heavy atom. The van der Waals surface area contributed by atoms with Crippen LogP contribution in [0.3, 0.4) is 0 Å². The first-order valence-corrected chi connectivity index (χ1v) is 6.45. The fourth-order valence-electron chi connectivity index (χ4n) is 2.22. The topological polar surface area (TPSA) is 51.0 Å². The second kappa shape index (κ2) is 5.13. The van der Waals surface area contributed by atoms with E-state index in [1.807, 2.05) is 30.5 Å². The average molecular weight is 264 g/mol. The molecule has 0 fully saturated rings. The molecule has 3 N–H and O–H groups in total. The van der Waals surface area contributed by atoms with Gasteiger partial charge in [0.1, 0.15) is 5.75 Å². The van der Waals surface area contributed by atoms with Crippen LogP contribution in [-0.2, 0) is 0 Å². The number of aromatic amines is 1. The SMILES string of the molecule is COc1ccc(C=Cc2ccc3[nH]ccc3c2)cc1N. The van der Waals surface area contributed by atoms with E-state index in [1.54, 1.807) is 7.11 Å². The summed E-state index contributed by atoms with van der Waals surface area (Å²) < 4.78 is 5.15. The summed E-state index contributed by atoms with van der Waals surface area (Å²) in [5.74, 6) is 0.705. The largest absolute Gasteiger partial charge is 0.495 e. The summed E-state index contributed by atoms with van der Waals surface area (Å²) in [6, 6.07) is 14.2. The van der Waals surface area contributed by atoms with Gasteiger partial charge in [0.25, 0.3) is 0 Å². The van der Waals surface area contributed by atoms with E-state index in [4.69, 9.17) is 10.5 Å². The highest BCUT2D eigenvalue weighted by atomic mass is 16.5. The van der Waals surface area contributed by atoms with Gasteiger partial charge >= 0.3 is 0 Å². The first kappa shape index (κ1) is 12.4. The van der Waals surface area contributed by atoms with Crippen LogP contribution in [0.15, 0.2) is 48.7 Å². The normalized spacial score (nSPS) is 11.2. The Morgan fingerprint density at radius 2 is 1.75 bits per heavy atom. The van der Waals surface area contributed by atoms with E-state index in [0.717, 1.165) is 16.6 Å². The number of aromatic nitrogens is 1. The maximum absolute atomic E-state index is 5.90. The number of nitrogen functional groups attached to an aromatic ring is 1. The van der Waals surface area contributed by atoms with Crippen molar-refractivity contribution in [3.05, 3.63) is 59.8 Å². The number of rotatable bonds is 3. The number of nitrogens with one attached hydrogen (secondary N) is 1. The third-order valence-corrected chi connectivity index (χ3v) is 3.30. The van der Waals surface area contributed by atoms with Gasteiger partial charge in [0, 0.05) is 11.7 Å². The fourth-order valence-corrected chi connectivity index (χ4v) is 2.22. The Hall–Kier alpha value is -2.68. The molecular formula is C17H16N2O. The van der Waals surface area contributed by atoms with Gasteiger partial charge in [0.15, 0.2) is 0 Å². The highest BCUT2D eigenvalue weighted by Crippen LogP contribution is 2.23. The van der Waals surface area contributed by atoms with Crippen LogP contribution in [0.2, 0.25) is 0 Å². The number of H-pyrrole nitrogens is 1. The number of hydrogen-bond acceptors (Lipinski definition) is 2. The van der Waals surface area contributed by atoms with Gasteiger partial charge in [0.05, 0.1) is 12.8 Å². The molecule has 0 spiro atoms. The highest BCUT2D eigenvalue weighted by molar-refractivity contribution is 5.83. The van der Waals surface area contributed by atoms with Gasteiger partial charge in [-0.05, 0) is 46.8 Å². The molecule has 0 bridgehead atoms. The molecule has 3 nitrogen and oxygen atoms in total. The van der Waals surface area contributed by atoms with Crippen molar-refractivity contribution in [3.63, 3.8) is 0 Å². The summed E-state index contributed by atoms with van der Waals surface area (Å²) in [4.78, 5) is 3.19. The molecule has 0 saturated carbocycles. The van der Waals surface area contributed by atoms with Crippen molar-refractivity contribution in [2.75, 3.05) is 12.8 Å². The number of anilines is 1. The monoisotopic (exact) mass is 264 g/mol. The standard InChI is InChI=1S/C17H16N2O/c1-20-17-7-5-13(11-15(17)18)3-2-12-4-6-16-14(10-12)8-9-19-16/h2-11,19H,18H2,1H3. The van der Waals surface area contributed by atoms with Gasteiger partial charge in [-0.1, -0.05) is 24.3 Å². The molecule has 0 aliphatic heterocycles. The van der Waals surface area contributed by atoms with Crippen LogP contribution in [0.1, 0.15) is 11.1 Å². The Morgan fingerprint density at radius 3 is 2.50 bits per heavy atom. The van der Waals surface area contributed by atoms with E-state index in [1.165, 1.54) is 5.39 Å². The first-order chi connectivity index (χ1) is 9.76. The third kappa shape index (κ3) is 2.38. The zero-order valence-electron chi connectivity index (χ0n) is 11.3. The number of ether oxygens (including phenoxy) is 1. The zero-order chi connectivity index (χ0) is 13.9. The Kier molecular flexibility index (Phi) is 3.17. The third-order valence-electron chi connectivity index (χ3n) is 3.30. The summed E-state index contributed by atoms with van der Waals surface area (Å²) in [7, 11) is 1.62. The maximum Gasteiger partial charge on any atom is 0.141 e. The van der Waals surface area contributed by atoms with Crippen molar-refractivity contribution in [3.8, 4) is 5.75 Å². The van der Waals surface area contributed by atoms with Crippen LogP contribution in [0, 0.1) is 0 Å². The van der Waals surface area contributed by atoms with Crippen molar-refractivity contribution in [2.24, 2.45) is 0 Å². The van der Waals surface area contributed by atoms with E-state index in [9.17, 15) is 0 Å². The van der Waals surface area contributed by atoms with Gasteiger partial charge < -0.3 is 15.5 Å². The molecule has 0 saturated heterocycles. The number of benzene rings is 2. The molecule has 3 rings (SSSR count). The predicted octanol–water partition coefficient (Wildman–Crippen LogP) is 3.93. The van der Waals surface area contributed by atoms with Gasteiger partial charge in [-0.15, -0.1) is 0 Å². The molecule has 0 amide bonds. The lowest BCUT2D eigenvalue weighted by atomic mass is 10.1. The van der Waals surface area contributed by atoms with Crippen molar-refractivity contribution in [1.82, 2.24) is 4.98 Å². The smallest absolute Gasteiger partial charge is 0.141 e. The minimum absolute atomic E-state index is 0.649. The lowest BCUT2D eigenvalue weighted by Gasteiger charge is -2.04. The Balaban J connectivity index is 1.87. The Bertz CT molecular complexity index is 772. The molecule has 0 aliphatic carbocycles. The second-order valence-corrected chi connectivity index (χ2v) is 4.66. The highest BCUT2D eigenvalue weighted by Gasteiger charge is 1.98. The lowest BCUT2D eigenvalue weighted by molar-refractivity contribution is 0.417. The summed E-state index contributed by atoms with van der Waals surface area (Å²) in [5.41, 5.74) is 9.91. The van der Waals surface area contributed by atoms with Crippen molar-refractivity contribution in [1.29, 1.82) is 0 Å². The molecule has 3 heteroatoms. The van der Waals surface area contributed by atoms with E-state index >= 15 is 0 Å². The van der Waals surface area contributed by atoms with E-state index in [2.05, 4.69) is 35.3 Å². The van der Waals surface area contributed by atoms with Crippen LogP contribution < -0.4 is 10.5 Å². The Labute approximate surface area is 117 Å². The van der Waals surface area contributed by atoms with Crippen LogP contribution in [0.25, 0.3) is 23.1 Å². The summed E-state index contributed by atoms with van der Waals surface area (Å²) in [5, 5.41) is 1.21. The number of methoxy groups -OCH3 is 1. The van der Waals surface area contributed by atoms with E-state index in [0.29, 0.717) is 11.4 Å². The molecule has 100 valence electrons.